The Labute approximate surface area is 175 Å². The minimum absolute atomic E-state index is 0.124. The van der Waals surface area contributed by atoms with Crippen LogP contribution < -0.4 is 5.56 Å². The average Bonchev–Trinajstić information content (AvgIpc) is 3.34. The maximum absolute atomic E-state index is 13.4. The van der Waals surface area contributed by atoms with E-state index in [1.165, 1.54) is 11.8 Å². The number of hydrogen-bond acceptors (Lipinski definition) is 7. The number of rotatable bonds is 4. The number of para-hydroxylation sites is 1. The molecule has 3 aromatic heterocycles. The third kappa shape index (κ3) is 2.98. The molecule has 30 heavy (non-hydrogen) atoms. The van der Waals surface area contributed by atoms with Gasteiger partial charge >= 0.3 is 0 Å². The molecule has 2 aromatic carbocycles. The Morgan fingerprint density at radius 1 is 1.00 bits per heavy atom. The van der Waals surface area contributed by atoms with Gasteiger partial charge in [0.1, 0.15) is 0 Å². The van der Waals surface area contributed by atoms with Gasteiger partial charge in [0, 0.05) is 6.92 Å². The standard InChI is InChI=1S/C21H18N6O2S/c1-12-8-9-16(13(2)10-12)26-19(28)15-6-4-5-7-17(15)27-20(26)24-25-21(27)30-11-18-23-22-14(3)29-18/h4-10H,11H2,1-3H3. The van der Waals surface area contributed by atoms with Crippen LogP contribution in [0.1, 0.15) is 22.9 Å². The fourth-order valence-electron chi connectivity index (χ4n) is 3.57. The van der Waals surface area contributed by atoms with E-state index < -0.39 is 0 Å². The van der Waals surface area contributed by atoms with Gasteiger partial charge in [0.15, 0.2) is 5.16 Å². The highest BCUT2D eigenvalue weighted by Gasteiger charge is 2.19. The summed E-state index contributed by atoms with van der Waals surface area (Å²) in [6, 6.07) is 13.5. The minimum atomic E-state index is -0.124. The molecule has 0 unspecified atom stereocenters. The van der Waals surface area contributed by atoms with E-state index in [2.05, 4.69) is 26.5 Å². The van der Waals surface area contributed by atoms with E-state index in [9.17, 15) is 4.79 Å². The highest BCUT2D eigenvalue weighted by molar-refractivity contribution is 7.98. The molecule has 0 aliphatic carbocycles. The molecule has 0 N–H and O–H groups in total. The molecule has 0 aliphatic rings. The van der Waals surface area contributed by atoms with Gasteiger partial charge in [-0.25, -0.2) is 4.57 Å². The highest BCUT2D eigenvalue weighted by atomic mass is 32.2. The summed E-state index contributed by atoms with van der Waals surface area (Å²) >= 11 is 1.43. The van der Waals surface area contributed by atoms with Crippen LogP contribution in [-0.4, -0.2) is 29.4 Å². The van der Waals surface area contributed by atoms with Crippen LogP contribution in [0.5, 0.6) is 0 Å². The van der Waals surface area contributed by atoms with Gasteiger partial charge < -0.3 is 4.42 Å². The molecule has 8 nitrogen and oxygen atoms in total. The van der Waals surface area contributed by atoms with E-state index >= 15 is 0 Å². The van der Waals surface area contributed by atoms with Crippen LogP contribution in [0.2, 0.25) is 0 Å². The zero-order chi connectivity index (χ0) is 20.8. The van der Waals surface area contributed by atoms with E-state index in [0.29, 0.717) is 33.9 Å². The molecule has 3 heterocycles. The van der Waals surface area contributed by atoms with Crippen molar-refractivity contribution in [1.29, 1.82) is 0 Å². The van der Waals surface area contributed by atoms with Crippen LogP contribution in [0.25, 0.3) is 22.4 Å². The van der Waals surface area contributed by atoms with E-state index in [1.807, 2.05) is 54.6 Å². The minimum Gasteiger partial charge on any atom is -0.425 e. The van der Waals surface area contributed by atoms with Gasteiger partial charge in [0.25, 0.3) is 5.56 Å². The van der Waals surface area contributed by atoms with Gasteiger partial charge in [-0.1, -0.05) is 41.6 Å². The molecule has 0 spiro atoms. The lowest BCUT2D eigenvalue weighted by Gasteiger charge is -2.13. The van der Waals surface area contributed by atoms with E-state index in [-0.39, 0.29) is 5.56 Å². The lowest BCUT2D eigenvalue weighted by molar-refractivity contribution is 0.485. The van der Waals surface area contributed by atoms with Crippen molar-refractivity contribution in [1.82, 2.24) is 29.4 Å². The Morgan fingerprint density at radius 2 is 1.83 bits per heavy atom. The van der Waals surface area contributed by atoms with Gasteiger partial charge in [0.2, 0.25) is 17.6 Å². The van der Waals surface area contributed by atoms with Crippen molar-refractivity contribution in [3.05, 3.63) is 75.7 Å². The second kappa shape index (κ2) is 7.10. The van der Waals surface area contributed by atoms with Crippen LogP contribution in [0, 0.1) is 20.8 Å². The first-order chi connectivity index (χ1) is 14.5. The first-order valence-corrected chi connectivity index (χ1v) is 10.4. The monoisotopic (exact) mass is 418 g/mol. The normalized spacial score (nSPS) is 11.6. The molecular weight excluding hydrogens is 400 g/mol. The predicted octanol–water partition coefficient (Wildman–Crippen LogP) is 3.63. The number of benzene rings is 2. The van der Waals surface area contributed by atoms with Crippen LogP contribution in [-0.2, 0) is 5.75 Å². The van der Waals surface area contributed by atoms with Gasteiger partial charge in [-0.3, -0.25) is 9.20 Å². The van der Waals surface area contributed by atoms with Crippen molar-refractivity contribution in [2.75, 3.05) is 0 Å². The Hall–Kier alpha value is -3.46. The quantitative estimate of drug-likeness (QED) is 0.412. The third-order valence-corrected chi connectivity index (χ3v) is 5.79. The van der Waals surface area contributed by atoms with Crippen molar-refractivity contribution in [3.63, 3.8) is 0 Å². The topological polar surface area (TPSA) is 91.1 Å². The fraction of sp³-hybridized carbons (Fsp3) is 0.190. The zero-order valence-corrected chi connectivity index (χ0v) is 17.5. The third-order valence-electron chi connectivity index (χ3n) is 4.88. The average molecular weight is 418 g/mol. The molecule has 5 rings (SSSR count). The summed E-state index contributed by atoms with van der Waals surface area (Å²) in [5.41, 5.74) is 3.55. The molecule has 0 amide bonds. The molecule has 0 saturated carbocycles. The van der Waals surface area contributed by atoms with E-state index in [0.717, 1.165) is 22.3 Å². The summed E-state index contributed by atoms with van der Waals surface area (Å²) in [4.78, 5) is 13.4. The molecule has 0 aliphatic heterocycles. The van der Waals surface area contributed by atoms with Gasteiger partial charge in [-0.15, -0.1) is 20.4 Å². The largest absolute Gasteiger partial charge is 0.425 e. The lowest BCUT2D eigenvalue weighted by atomic mass is 10.1. The molecule has 0 bridgehead atoms. The Kier molecular flexibility index (Phi) is 4.39. The fourth-order valence-corrected chi connectivity index (χ4v) is 4.34. The summed E-state index contributed by atoms with van der Waals surface area (Å²) in [5.74, 6) is 1.96. The molecule has 0 fully saturated rings. The molecule has 150 valence electrons. The predicted molar refractivity (Wildman–Crippen MR) is 114 cm³/mol. The summed E-state index contributed by atoms with van der Waals surface area (Å²) in [6.45, 7) is 5.77. The van der Waals surface area contributed by atoms with Crippen LogP contribution in [0.15, 0.2) is 56.8 Å². The number of aromatic nitrogens is 6. The first kappa shape index (κ1) is 18.6. The SMILES string of the molecule is Cc1ccc(-n2c(=O)c3ccccc3n3c(SCc4nnc(C)o4)nnc23)c(C)c1. The maximum atomic E-state index is 13.4. The van der Waals surface area contributed by atoms with Crippen LogP contribution >= 0.6 is 11.8 Å². The van der Waals surface area contributed by atoms with Crippen molar-refractivity contribution < 1.29 is 4.42 Å². The van der Waals surface area contributed by atoms with E-state index in [1.54, 1.807) is 11.5 Å². The number of hydrogen-bond donors (Lipinski definition) is 0. The summed E-state index contributed by atoms with van der Waals surface area (Å²) in [6.07, 6.45) is 0. The molecule has 0 atom stereocenters. The number of aryl methyl sites for hydroxylation is 3. The van der Waals surface area contributed by atoms with Crippen LogP contribution in [0.3, 0.4) is 0 Å². The Balaban J connectivity index is 1.75. The van der Waals surface area contributed by atoms with Crippen molar-refractivity contribution in [2.45, 2.75) is 31.7 Å². The second-order valence-corrected chi connectivity index (χ2v) is 8.01. The lowest BCUT2D eigenvalue weighted by Crippen LogP contribution is -2.22. The Morgan fingerprint density at radius 3 is 2.60 bits per heavy atom. The smallest absolute Gasteiger partial charge is 0.267 e. The number of nitrogens with zero attached hydrogens (tertiary/aromatic N) is 6. The molecule has 0 saturated heterocycles. The summed E-state index contributed by atoms with van der Waals surface area (Å²) < 4.78 is 9.00. The zero-order valence-electron chi connectivity index (χ0n) is 16.7. The summed E-state index contributed by atoms with van der Waals surface area (Å²) in [7, 11) is 0. The highest BCUT2D eigenvalue weighted by Crippen LogP contribution is 2.26. The van der Waals surface area contributed by atoms with Gasteiger partial charge in [0.05, 0.1) is 22.3 Å². The van der Waals surface area contributed by atoms with Crippen molar-refractivity contribution in [3.8, 4) is 5.69 Å². The van der Waals surface area contributed by atoms with E-state index in [4.69, 9.17) is 4.42 Å². The van der Waals surface area contributed by atoms with Crippen molar-refractivity contribution >= 4 is 28.4 Å². The van der Waals surface area contributed by atoms with Gasteiger partial charge in [-0.05, 0) is 37.6 Å². The molecular formula is C21H18N6O2S. The van der Waals surface area contributed by atoms with Gasteiger partial charge in [-0.2, -0.15) is 0 Å². The number of thioether (sulfide) groups is 1. The Bertz CT molecular complexity index is 1470. The van der Waals surface area contributed by atoms with Crippen LogP contribution in [0.4, 0.5) is 0 Å². The number of fused-ring (bicyclic) bond motifs is 3. The molecule has 0 radical (unpaired) electrons. The molecule has 9 heteroatoms. The maximum Gasteiger partial charge on any atom is 0.267 e. The van der Waals surface area contributed by atoms with Crippen molar-refractivity contribution in [2.24, 2.45) is 0 Å². The molecule has 5 aromatic rings. The first-order valence-electron chi connectivity index (χ1n) is 9.41. The second-order valence-electron chi connectivity index (χ2n) is 7.07. The summed E-state index contributed by atoms with van der Waals surface area (Å²) in [5, 5.41) is 17.9.